The minimum atomic E-state index is -0.555. The van der Waals surface area contributed by atoms with Gasteiger partial charge in [0.1, 0.15) is 0 Å². The van der Waals surface area contributed by atoms with Crippen molar-refractivity contribution in [2.45, 2.75) is 458 Å². The molecule has 0 aromatic rings. The van der Waals surface area contributed by atoms with Gasteiger partial charge in [0.15, 0.2) is 5.79 Å². The van der Waals surface area contributed by atoms with Crippen LogP contribution in [0.2, 0.25) is 0 Å². The zero-order valence-corrected chi connectivity index (χ0v) is 68.4. The molecule has 0 aromatic carbocycles. The third kappa shape index (κ3) is 58.9. The molecule has 9 heteroatoms. The molecule has 1 fully saturated rings. The first-order valence-electron chi connectivity index (χ1n) is 44.3. The monoisotopic (exact) mass is 1410 g/mol. The lowest BCUT2D eigenvalue weighted by Gasteiger charge is -2.30. The highest BCUT2D eigenvalue weighted by Gasteiger charge is 2.41. The van der Waals surface area contributed by atoms with E-state index in [9.17, 15) is 24.9 Å². The van der Waals surface area contributed by atoms with Crippen molar-refractivity contribution in [1.82, 2.24) is 9.80 Å². The van der Waals surface area contributed by atoms with Gasteiger partial charge in [0, 0.05) is 26.0 Å². The highest BCUT2D eigenvalue weighted by molar-refractivity contribution is 5.75. The van der Waals surface area contributed by atoms with Crippen molar-refractivity contribution in [2.24, 2.45) is 10.8 Å². The molecule has 3 unspecified atom stereocenters. The standard InChI is InChI=1S/C48H95NO5.C43H79NO2/c1-5-9-13-17-19-27-37-47(45(51)52,35-25-15-11-7-3)39-29-21-23-31-41-49(43-33-34-44-50)42-32-24-22-30-40-48(46(53)54,36-26-16-12-8-4)38-28-20-18-14-10-6-2;1-5-7-9-11-13-15-17-19-21-23-25-27-29-31-33-35-38-43(45-41-42(46-43)37-40-44(3)4)39-36-34-32-30-28-26-24-22-20-18-16-14-12-10-8-6-2/h50H,5-44H2,1-4H3,(H,51,52)(H,53,54);13-16,19-22,42H,5-12,17-18,23-41H2,1-4H3/b;15-13-,16-14-,21-19-,22-20-. The zero-order valence-electron chi connectivity index (χ0n) is 68.4. The molecule has 0 bridgehead atoms. The van der Waals surface area contributed by atoms with Crippen LogP contribution < -0.4 is 0 Å². The normalized spacial score (nSPS) is 15.4. The summed E-state index contributed by atoms with van der Waals surface area (Å²) in [5, 5.41) is 30.3. The van der Waals surface area contributed by atoms with Crippen LogP contribution in [0, 0.1) is 10.8 Å². The number of unbranched alkanes of at least 4 members (excludes halogenated alkanes) is 41. The molecule has 0 amide bonds. The number of hydrogen-bond donors (Lipinski definition) is 3. The Morgan fingerprint density at radius 2 is 0.630 bits per heavy atom. The summed E-state index contributed by atoms with van der Waals surface area (Å²) >= 11 is 0. The van der Waals surface area contributed by atoms with Crippen LogP contribution in [0.4, 0.5) is 0 Å². The lowest BCUT2D eigenvalue weighted by atomic mass is 9.74. The molecule has 0 aromatic heterocycles. The van der Waals surface area contributed by atoms with E-state index < -0.39 is 22.8 Å². The second-order valence-corrected chi connectivity index (χ2v) is 31.7. The van der Waals surface area contributed by atoms with Gasteiger partial charge < -0.3 is 34.6 Å². The second-order valence-electron chi connectivity index (χ2n) is 31.7. The zero-order chi connectivity index (χ0) is 73.2. The molecule has 1 rings (SSSR count). The van der Waals surface area contributed by atoms with Crippen LogP contribution in [0.3, 0.4) is 0 Å². The Morgan fingerprint density at radius 1 is 0.360 bits per heavy atom. The summed E-state index contributed by atoms with van der Waals surface area (Å²) < 4.78 is 13.1. The maximum Gasteiger partial charge on any atom is 0.309 e. The van der Waals surface area contributed by atoms with Crippen molar-refractivity contribution in [3.63, 3.8) is 0 Å². The van der Waals surface area contributed by atoms with Gasteiger partial charge in [-0.05, 0) is 181 Å². The summed E-state index contributed by atoms with van der Waals surface area (Å²) in [4.78, 5) is 30.3. The van der Waals surface area contributed by atoms with Crippen LogP contribution in [0.15, 0.2) is 48.6 Å². The van der Waals surface area contributed by atoms with Crippen LogP contribution in [-0.2, 0) is 19.1 Å². The van der Waals surface area contributed by atoms with Crippen molar-refractivity contribution < 1.29 is 34.4 Å². The number of aliphatic carboxylic acids is 2. The van der Waals surface area contributed by atoms with Crippen molar-refractivity contribution >= 4 is 11.9 Å². The third-order valence-corrected chi connectivity index (χ3v) is 21.9. The first-order chi connectivity index (χ1) is 48.9. The molecule has 3 atom stereocenters. The van der Waals surface area contributed by atoms with Crippen molar-refractivity contribution in [3.8, 4) is 0 Å². The largest absolute Gasteiger partial charge is 0.481 e. The number of carbonyl (C=O) groups is 2. The van der Waals surface area contributed by atoms with Gasteiger partial charge in [-0.1, -0.05) is 334 Å². The highest BCUT2D eigenvalue weighted by atomic mass is 16.7. The first-order valence-corrected chi connectivity index (χ1v) is 44.3. The van der Waals surface area contributed by atoms with Gasteiger partial charge >= 0.3 is 11.9 Å². The van der Waals surface area contributed by atoms with Crippen molar-refractivity contribution in [3.05, 3.63) is 48.6 Å². The number of aliphatic hydroxyl groups excluding tert-OH is 1. The van der Waals surface area contributed by atoms with E-state index in [1.165, 1.54) is 218 Å². The SMILES string of the molecule is CCCCC/C=C\C/C=C\CCCCCCCCC1(CCCCCCCC/C=C\C/C=C\CCCCC)OCC(CCN(C)C)O1.CCCCCCCCC(CCCCCC)(CCCCCCN(CCCCO)CCCCCCC(CCCCCC)(CCCCCCCC)C(=O)O)C(=O)O. The summed E-state index contributed by atoms with van der Waals surface area (Å²) in [5.74, 6) is -1.43. The van der Waals surface area contributed by atoms with Gasteiger partial charge in [0.2, 0.25) is 0 Å². The Morgan fingerprint density at radius 3 is 0.950 bits per heavy atom. The Kier molecular flexibility index (Phi) is 71.9. The number of allylic oxidation sites excluding steroid dienone is 8. The predicted molar refractivity (Wildman–Crippen MR) is 437 cm³/mol. The van der Waals surface area contributed by atoms with E-state index in [1.54, 1.807) is 0 Å². The second kappa shape index (κ2) is 73.6. The van der Waals surface area contributed by atoms with Crippen molar-refractivity contribution in [2.75, 3.05) is 53.5 Å². The van der Waals surface area contributed by atoms with E-state index >= 15 is 0 Å². The topological polar surface area (TPSA) is 120 Å². The van der Waals surface area contributed by atoms with E-state index in [0.717, 1.165) is 219 Å². The number of ether oxygens (including phenoxy) is 2. The van der Waals surface area contributed by atoms with E-state index in [-0.39, 0.29) is 18.5 Å². The fourth-order valence-corrected chi connectivity index (χ4v) is 15.1. The minimum absolute atomic E-state index is 0.249. The maximum atomic E-state index is 12.7. The lowest BCUT2D eigenvalue weighted by molar-refractivity contribution is -0.180. The molecule has 3 N–H and O–H groups in total. The number of aliphatic hydroxyl groups is 1. The fourth-order valence-electron chi connectivity index (χ4n) is 15.1. The molecular formula is C91H174N2O7. The third-order valence-electron chi connectivity index (χ3n) is 21.9. The summed E-state index contributed by atoms with van der Waals surface area (Å²) in [6, 6.07) is 0. The number of rotatable bonds is 77. The van der Waals surface area contributed by atoms with Crippen LogP contribution in [0.25, 0.3) is 0 Å². The van der Waals surface area contributed by atoms with Crippen molar-refractivity contribution in [1.29, 1.82) is 0 Å². The van der Waals surface area contributed by atoms with Gasteiger partial charge in [-0.3, -0.25) is 9.59 Å². The molecule has 100 heavy (non-hydrogen) atoms. The molecule has 1 heterocycles. The molecule has 0 aliphatic carbocycles. The predicted octanol–water partition coefficient (Wildman–Crippen LogP) is 28.0. The number of carboxylic acids is 2. The summed E-state index contributed by atoms with van der Waals surface area (Å²) in [6.45, 7) is 18.7. The average Bonchev–Trinajstić information content (AvgIpc) is 1.55. The molecule has 0 spiro atoms. The van der Waals surface area contributed by atoms with E-state index in [2.05, 4.69) is 114 Å². The first kappa shape index (κ1) is 97.7. The van der Waals surface area contributed by atoms with Gasteiger partial charge in [0.05, 0.1) is 23.5 Å². The fraction of sp³-hybridized carbons (Fsp3) is 0.890. The average molecular weight is 1410 g/mol. The molecule has 0 saturated carbocycles. The summed E-state index contributed by atoms with van der Waals surface area (Å²) in [5.41, 5.74) is -1.08. The molecule has 1 saturated heterocycles. The Balaban J connectivity index is 0.00000198. The lowest BCUT2D eigenvalue weighted by Crippen LogP contribution is -2.31. The minimum Gasteiger partial charge on any atom is -0.481 e. The number of carboxylic acid groups (broad SMARTS) is 2. The van der Waals surface area contributed by atoms with Crippen LogP contribution in [0.1, 0.15) is 446 Å². The smallest absolute Gasteiger partial charge is 0.309 e. The van der Waals surface area contributed by atoms with Crippen LogP contribution in [-0.4, -0.2) is 102 Å². The quantitative estimate of drug-likeness (QED) is 0.0404. The highest BCUT2D eigenvalue weighted by Crippen LogP contribution is 2.40. The Bertz CT molecular complexity index is 1740. The van der Waals surface area contributed by atoms with E-state index in [4.69, 9.17) is 9.47 Å². The Hall–Kier alpha value is -2.30. The van der Waals surface area contributed by atoms with Gasteiger partial charge in [-0.2, -0.15) is 0 Å². The molecule has 1 aliphatic heterocycles. The molecule has 0 radical (unpaired) electrons. The molecular weight excluding hydrogens is 1230 g/mol. The molecule has 590 valence electrons. The number of hydrogen-bond acceptors (Lipinski definition) is 7. The number of nitrogens with zero attached hydrogens (tertiary/aromatic N) is 2. The summed E-state index contributed by atoms with van der Waals surface area (Å²) in [7, 11) is 4.30. The van der Waals surface area contributed by atoms with E-state index in [1.807, 2.05) is 0 Å². The molecule has 1 aliphatic rings. The van der Waals surface area contributed by atoms with Crippen LogP contribution in [0.5, 0.6) is 0 Å². The van der Waals surface area contributed by atoms with Crippen LogP contribution >= 0.6 is 0 Å². The summed E-state index contributed by atoms with van der Waals surface area (Å²) in [6.07, 6.45) is 92.6. The Labute approximate surface area is 623 Å². The van der Waals surface area contributed by atoms with Gasteiger partial charge in [0.25, 0.3) is 0 Å². The maximum absolute atomic E-state index is 12.7. The van der Waals surface area contributed by atoms with Gasteiger partial charge in [-0.25, -0.2) is 0 Å². The van der Waals surface area contributed by atoms with Gasteiger partial charge in [-0.15, -0.1) is 0 Å². The molecule has 9 nitrogen and oxygen atoms in total. The van der Waals surface area contributed by atoms with E-state index in [0.29, 0.717) is 0 Å².